The van der Waals surface area contributed by atoms with Crippen LogP contribution in [0, 0.1) is 6.92 Å². The molecule has 0 aromatic heterocycles. The Bertz CT molecular complexity index is 769. The first-order chi connectivity index (χ1) is 11.0. The Morgan fingerprint density at radius 2 is 1.83 bits per heavy atom. The largest absolute Gasteiger partial charge is 0.322 e. The van der Waals surface area contributed by atoms with Gasteiger partial charge in [0.05, 0.1) is 0 Å². The average molecular weight is 329 g/mol. The van der Waals surface area contributed by atoms with E-state index in [0.717, 1.165) is 11.1 Å². The summed E-state index contributed by atoms with van der Waals surface area (Å²) < 4.78 is 0. The molecule has 0 saturated heterocycles. The fraction of sp³-hybridized carbons (Fsp3) is 0.111. The van der Waals surface area contributed by atoms with Crippen molar-refractivity contribution < 1.29 is 9.59 Å². The van der Waals surface area contributed by atoms with Gasteiger partial charge in [-0.25, -0.2) is 0 Å². The molecule has 0 radical (unpaired) electrons. The second-order valence-electron chi connectivity index (χ2n) is 5.06. The fourth-order valence-electron chi connectivity index (χ4n) is 2.02. The van der Waals surface area contributed by atoms with E-state index in [1.54, 1.807) is 30.3 Å². The molecule has 0 bridgehead atoms. The molecule has 23 heavy (non-hydrogen) atoms. The summed E-state index contributed by atoms with van der Waals surface area (Å²) in [5.74, 6) is -0.725. The number of nitrogens with one attached hydrogen (secondary N) is 2. The van der Waals surface area contributed by atoms with E-state index in [-0.39, 0.29) is 11.6 Å². The first-order valence-corrected chi connectivity index (χ1v) is 7.45. The van der Waals surface area contributed by atoms with Crippen molar-refractivity contribution >= 4 is 35.2 Å². The first kappa shape index (κ1) is 16.8. The molecular weight excluding hydrogens is 312 g/mol. The zero-order valence-electron chi connectivity index (χ0n) is 12.9. The molecule has 2 aromatic carbocycles. The molecule has 0 saturated carbocycles. The molecule has 2 aromatic rings. The topological polar surface area (TPSA) is 58.2 Å². The van der Waals surface area contributed by atoms with Gasteiger partial charge in [-0.2, -0.15) is 0 Å². The maximum Gasteiger partial charge on any atom is 0.272 e. The number of benzene rings is 2. The van der Waals surface area contributed by atoms with Gasteiger partial charge in [0.1, 0.15) is 5.70 Å². The third-order valence-corrected chi connectivity index (χ3v) is 3.36. The van der Waals surface area contributed by atoms with Crippen LogP contribution in [-0.2, 0) is 9.59 Å². The van der Waals surface area contributed by atoms with Crippen molar-refractivity contribution in [2.45, 2.75) is 13.8 Å². The zero-order valence-corrected chi connectivity index (χ0v) is 13.6. The van der Waals surface area contributed by atoms with Gasteiger partial charge in [-0.1, -0.05) is 41.9 Å². The van der Waals surface area contributed by atoms with E-state index < -0.39 is 5.91 Å². The summed E-state index contributed by atoms with van der Waals surface area (Å²) in [6.07, 6.45) is 1.65. The lowest BCUT2D eigenvalue weighted by atomic mass is 10.1. The van der Waals surface area contributed by atoms with E-state index in [4.69, 9.17) is 11.6 Å². The summed E-state index contributed by atoms with van der Waals surface area (Å²) in [7, 11) is 0. The van der Waals surface area contributed by atoms with E-state index in [0.29, 0.717) is 10.7 Å². The van der Waals surface area contributed by atoms with Crippen LogP contribution in [-0.4, -0.2) is 11.8 Å². The lowest BCUT2D eigenvalue weighted by Crippen LogP contribution is -2.29. The van der Waals surface area contributed by atoms with Crippen molar-refractivity contribution in [1.82, 2.24) is 5.32 Å². The van der Waals surface area contributed by atoms with Crippen LogP contribution in [0.15, 0.2) is 54.2 Å². The van der Waals surface area contributed by atoms with E-state index in [1.165, 1.54) is 6.92 Å². The minimum Gasteiger partial charge on any atom is -0.322 e. The molecule has 0 spiro atoms. The molecule has 0 fully saturated rings. The van der Waals surface area contributed by atoms with E-state index in [9.17, 15) is 9.59 Å². The van der Waals surface area contributed by atoms with Crippen molar-refractivity contribution in [3.8, 4) is 0 Å². The molecule has 0 aliphatic heterocycles. The van der Waals surface area contributed by atoms with Crippen molar-refractivity contribution in [1.29, 1.82) is 0 Å². The van der Waals surface area contributed by atoms with E-state index >= 15 is 0 Å². The van der Waals surface area contributed by atoms with Gasteiger partial charge in [-0.15, -0.1) is 0 Å². The van der Waals surface area contributed by atoms with Crippen LogP contribution < -0.4 is 10.6 Å². The Balaban J connectivity index is 2.29. The highest BCUT2D eigenvalue weighted by atomic mass is 35.5. The minimum atomic E-state index is -0.411. The normalized spacial score (nSPS) is 11.0. The molecule has 0 aliphatic carbocycles. The first-order valence-electron chi connectivity index (χ1n) is 7.07. The van der Waals surface area contributed by atoms with E-state index in [1.807, 2.05) is 31.2 Å². The third-order valence-electron chi connectivity index (χ3n) is 3.13. The van der Waals surface area contributed by atoms with Gasteiger partial charge in [0.15, 0.2) is 0 Å². The molecule has 118 valence electrons. The smallest absolute Gasteiger partial charge is 0.272 e. The summed E-state index contributed by atoms with van der Waals surface area (Å²) in [5, 5.41) is 5.81. The van der Waals surface area contributed by atoms with Crippen LogP contribution >= 0.6 is 11.6 Å². The predicted molar refractivity (Wildman–Crippen MR) is 93.1 cm³/mol. The van der Waals surface area contributed by atoms with Crippen LogP contribution in [0.25, 0.3) is 6.08 Å². The molecule has 0 atom stereocenters. The summed E-state index contributed by atoms with van der Waals surface area (Å²) in [6, 6.07) is 14.4. The Hall–Kier alpha value is -2.59. The van der Waals surface area contributed by atoms with Crippen LogP contribution in [0.1, 0.15) is 18.1 Å². The highest BCUT2D eigenvalue weighted by Crippen LogP contribution is 2.16. The fourth-order valence-corrected chi connectivity index (χ4v) is 2.21. The van der Waals surface area contributed by atoms with Crippen LogP contribution in [0.2, 0.25) is 5.02 Å². The van der Waals surface area contributed by atoms with Crippen molar-refractivity contribution in [3.05, 3.63) is 70.4 Å². The molecule has 0 unspecified atom stereocenters. The molecule has 2 rings (SSSR count). The third kappa shape index (κ3) is 4.97. The summed E-state index contributed by atoms with van der Waals surface area (Å²) in [5.41, 5.74) is 2.60. The monoisotopic (exact) mass is 328 g/mol. The number of carbonyl (C=O) groups excluding carboxylic acids is 2. The second-order valence-corrected chi connectivity index (χ2v) is 5.50. The molecule has 4 nitrogen and oxygen atoms in total. The summed E-state index contributed by atoms with van der Waals surface area (Å²) in [6.45, 7) is 3.30. The maximum absolute atomic E-state index is 12.4. The van der Waals surface area contributed by atoms with Gasteiger partial charge in [-0.05, 0) is 42.3 Å². The number of halogens is 1. The maximum atomic E-state index is 12.4. The quantitative estimate of drug-likeness (QED) is 0.839. The summed E-state index contributed by atoms with van der Waals surface area (Å²) >= 11 is 5.91. The van der Waals surface area contributed by atoms with Crippen molar-refractivity contribution in [2.24, 2.45) is 0 Å². The molecule has 2 N–H and O–H groups in total. The SMILES string of the molecule is CC(=O)NC(=Cc1ccccc1C)C(=O)Nc1cccc(Cl)c1. The number of hydrogen-bond donors (Lipinski definition) is 2. The van der Waals surface area contributed by atoms with Crippen LogP contribution in [0.4, 0.5) is 5.69 Å². The van der Waals surface area contributed by atoms with Gasteiger partial charge in [0, 0.05) is 17.6 Å². The van der Waals surface area contributed by atoms with Crippen LogP contribution in [0.3, 0.4) is 0 Å². The number of rotatable bonds is 4. The number of amides is 2. The molecule has 5 heteroatoms. The van der Waals surface area contributed by atoms with Gasteiger partial charge in [-0.3, -0.25) is 9.59 Å². The van der Waals surface area contributed by atoms with Crippen molar-refractivity contribution in [3.63, 3.8) is 0 Å². The molecule has 2 amide bonds. The lowest BCUT2D eigenvalue weighted by Gasteiger charge is -2.11. The Morgan fingerprint density at radius 1 is 1.09 bits per heavy atom. The number of anilines is 1. The van der Waals surface area contributed by atoms with E-state index in [2.05, 4.69) is 10.6 Å². The van der Waals surface area contributed by atoms with Gasteiger partial charge >= 0.3 is 0 Å². The number of carbonyl (C=O) groups is 2. The number of hydrogen-bond acceptors (Lipinski definition) is 2. The highest BCUT2D eigenvalue weighted by Gasteiger charge is 2.12. The molecular formula is C18H17ClN2O2. The Labute approximate surface area is 140 Å². The van der Waals surface area contributed by atoms with Crippen molar-refractivity contribution in [2.75, 3.05) is 5.32 Å². The Morgan fingerprint density at radius 3 is 2.48 bits per heavy atom. The average Bonchev–Trinajstić information content (AvgIpc) is 2.48. The number of aryl methyl sites for hydroxylation is 1. The van der Waals surface area contributed by atoms with Gasteiger partial charge in [0.25, 0.3) is 5.91 Å². The standard InChI is InChI=1S/C18H17ClN2O2/c1-12-6-3-4-7-14(12)10-17(20-13(2)22)18(23)21-16-9-5-8-15(19)11-16/h3-11H,1-2H3,(H,20,22)(H,21,23). The molecule has 0 heterocycles. The van der Waals surface area contributed by atoms with Crippen LogP contribution in [0.5, 0.6) is 0 Å². The lowest BCUT2D eigenvalue weighted by molar-refractivity contribution is -0.120. The minimum absolute atomic E-state index is 0.173. The zero-order chi connectivity index (χ0) is 16.8. The second kappa shape index (κ2) is 7.61. The van der Waals surface area contributed by atoms with Gasteiger partial charge in [0.2, 0.25) is 5.91 Å². The summed E-state index contributed by atoms with van der Waals surface area (Å²) in [4.78, 5) is 23.8. The highest BCUT2D eigenvalue weighted by molar-refractivity contribution is 6.31. The Kier molecular flexibility index (Phi) is 5.55. The predicted octanol–water partition coefficient (Wildman–Crippen LogP) is 3.76. The molecule has 0 aliphatic rings. The van der Waals surface area contributed by atoms with Gasteiger partial charge < -0.3 is 10.6 Å².